The second-order valence-corrected chi connectivity index (χ2v) is 5.97. The molecule has 2 N–H and O–H groups in total. The number of rotatable bonds is 4. The maximum atomic E-state index is 10.3. The van der Waals surface area contributed by atoms with E-state index in [2.05, 4.69) is 10.4 Å². The Morgan fingerprint density at radius 3 is 3.10 bits per heavy atom. The van der Waals surface area contributed by atoms with Crippen LogP contribution in [0.3, 0.4) is 0 Å². The Bertz CT molecular complexity index is 626. The van der Waals surface area contributed by atoms with E-state index >= 15 is 0 Å². The quantitative estimate of drug-likeness (QED) is 0.913. The normalized spacial score (nSPS) is 19.3. The molecule has 2 aromatic rings. The molecule has 1 heterocycles. The first-order valence-electron chi connectivity index (χ1n) is 7.33. The third-order valence-electron chi connectivity index (χ3n) is 4.20. The van der Waals surface area contributed by atoms with Gasteiger partial charge in [0.25, 0.3) is 0 Å². The Morgan fingerprint density at radius 2 is 2.29 bits per heavy atom. The van der Waals surface area contributed by atoms with Crippen LogP contribution < -0.4 is 5.32 Å². The van der Waals surface area contributed by atoms with Gasteiger partial charge in [-0.15, -0.1) is 0 Å². The average Bonchev–Trinajstić information content (AvgIpc) is 2.87. The summed E-state index contributed by atoms with van der Waals surface area (Å²) in [6, 6.07) is 7.70. The van der Waals surface area contributed by atoms with E-state index in [1.54, 1.807) is 6.07 Å². The third-order valence-corrected chi connectivity index (χ3v) is 4.54. The Labute approximate surface area is 129 Å². The molecule has 1 aromatic carbocycles. The number of benzene rings is 1. The van der Waals surface area contributed by atoms with Gasteiger partial charge in [0.2, 0.25) is 0 Å². The van der Waals surface area contributed by atoms with Crippen molar-refractivity contribution in [1.29, 1.82) is 0 Å². The predicted molar refractivity (Wildman–Crippen MR) is 83.3 cm³/mol. The predicted octanol–water partition coefficient (Wildman–Crippen LogP) is 2.77. The van der Waals surface area contributed by atoms with Crippen LogP contribution in [0.5, 0.6) is 0 Å². The molecule has 112 valence electrons. The number of fused-ring (bicyclic) bond motifs is 1. The van der Waals surface area contributed by atoms with Crippen molar-refractivity contribution in [2.24, 2.45) is 7.05 Å². The summed E-state index contributed by atoms with van der Waals surface area (Å²) in [6.45, 7) is 0.489. The molecule has 0 radical (unpaired) electrons. The summed E-state index contributed by atoms with van der Waals surface area (Å²) >= 11 is 6.12. The number of hydrogen-bond acceptors (Lipinski definition) is 3. The maximum absolute atomic E-state index is 10.3. The molecular formula is C16H20ClN3O. The summed E-state index contributed by atoms with van der Waals surface area (Å²) < 4.78 is 1.95. The highest BCUT2D eigenvalue weighted by Gasteiger charge is 2.24. The number of hydrogen-bond donors (Lipinski definition) is 2. The van der Waals surface area contributed by atoms with Crippen molar-refractivity contribution in [3.05, 3.63) is 52.3 Å². The van der Waals surface area contributed by atoms with E-state index in [0.29, 0.717) is 11.6 Å². The lowest BCUT2D eigenvalue weighted by molar-refractivity contribution is 0.168. The molecule has 0 spiro atoms. The number of nitrogens with zero attached hydrogens (tertiary/aromatic N) is 2. The van der Waals surface area contributed by atoms with E-state index in [9.17, 15) is 5.11 Å². The largest absolute Gasteiger partial charge is 0.387 e. The second-order valence-electron chi connectivity index (χ2n) is 5.56. The number of aromatic nitrogens is 2. The topological polar surface area (TPSA) is 50.1 Å². The average molecular weight is 306 g/mol. The highest BCUT2D eigenvalue weighted by atomic mass is 35.5. The van der Waals surface area contributed by atoms with Crippen molar-refractivity contribution >= 4 is 11.6 Å². The van der Waals surface area contributed by atoms with Gasteiger partial charge in [0.1, 0.15) is 0 Å². The molecule has 5 heteroatoms. The standard InChI is InChI=1S/C16H20ClN3O/c1-20-15-8-4-7-14(12(15)9-19-20)18-10-16(21)11-5-2-3-6-13(11)17/h2-3,5-6,9,14,16,18,21H,4,7-8,10H2,1H3/t14-,16-/m1/s1. The van der Waals surface area contributed by atoms with Gasteiger partial charge in [-0.05, 0) is 25.3 Å². The molecular weight excluding hydrogens is 286 g/mol. The van der Waals surface area contributed by atoms with E-state index in [4.69, 9.17) is 11.6 Å². The van der Waals surface area contributed by atoms with Crippen LogP contribution in [0.4, 0.5) is 0 Å². The number of aliphatic hydroxyl groups is 1. The lowest BCUT2D eigenvalue weighted by Gasteiger charge is -2.25. The van der Waals surface area contributed by atoms with Gasteiger partial charge >= 0.3 is 0 Å². The summed E-state index contributed by atoms with van der Waals surface area (Å²) in [4.78, 5) is 0. The molecule has 3 rings (SSSR count). The number of aryl methyl sites for hydroxylation is 1. The van der Waals surface area contributed by atoms with Gasteiger partial charge in [0, 0.05) is 41.5 Å². The summed E-state index contributed by atoms with van der Waals surface area (Å²) in [7, 11) is 1.99. The van der Waals surface area contributed by atoms with Gasteiger partial charge in [-0.2, -0.15) is 5.10 Å². The van der Waals surface area contributed by atoms with Crippen LogP contribution in [0.15, 0.2) is 30.5 Å². The number of aliphatic hydroxyl groups excluding tert-OH is 1. The molecule has 2 atom stereocenters. The first-order chi connectivity index (χ1) is 10.2. The van der Waals surface area contributed by atoms with Crippen molar-refractivity contribution in [3.8, 4) is 0 Å². The van der Waals surface area contributed by atoms with Crippen LogP contribution in [0.2, 0.25) is 5.02 Å². The SMILES string of the molecule is Cn1ncc2c1CCC[C@H]2NC[C@@H](O)c1ccccc1Cl. The van der Waals surface area contributed by atoms with Crippen LogP contribution >= 0.6 is 11.6 Å². The smallest absolute Gasteiger partial charge is 0.0928 e. The van der Waals surface area contributed by atoms with Gasteiger partial charge in [-0.25, -0.2) is 0 Å². The van der Waals surface area contributed by atoms with Crippen LogP contribution in [-0.2, 0) is 13.5 Å². The summed E-state index contributed by atoms with van der Waals surface area (Å²) in [5.74, 6) is 0. The Balaban J connectivity index is 1.67. The van der Waals surface area contributed by atoms with Crippen LogP contribution in [-0.4, -0.2) is 21.4 Å². The molecule has 0 saturated carbocycles. The van der Waals surface area contributed by atoms with Gasteiger partial charge in [0.05, 0.1) is 12.3 Å². The highest BCUT2D eigenvalue weighted by molar-refractivity contribution is 6.31. The fourth-order valence-corrected chi connectivity index (χ4v) is 3.29. The molecule has 0 aliphatic heterocycles. The molecule has 0 amide bonds. The minimum Gasteiger partial charge on any atom is -0.387 e. The van der Waals surface area contributed by atoms with Gasteiger partial charge in [0.15, 0.2) is 0 Å². The van der Waals surface area contributed by atoms with Crippen molar-refractivity contribution in [3.63, 3.8) is 0 Å². The molecule has 4 nitrogen and oxygen atoms in total. The molecule has 21 heavy (non-hydrogen) atoms. The zero-order valence-corrected chi connectivity index (χ0v) is 12.8. The fraction of sp³-hybridized carbons (Fsp3) is 0.438. The maximum Gasteiger partial charge on any atom is 0.0928 e. The lowest BCUT2D eigenvalue weighted by atomic mass is 9.93. The third kappa shape index (κ3) is 2.98. The van der Waals surface area contributed by atoms with Crippen LogP contribution in [0.25, 0.3) is 0 Å². The summed E-state index contributed by atoms with van der Waals surface area (Å²) in [6.07, 6.45) is 4.64. The van der Waals surface area contributed by atoms with E-state index in [1.165, 1.54) is 11.3 Å². The Morgan fingerprint density at radius 1 is 1.48 bits per heavy atom. The number of nitrogens with one attached hydrogen (secondary N) is 1. The van der Waals surface area contributed by atoms with Crippen molar-refractivity contribution in [1.82, 2.24) is 15.1 Å². The molecule has 1 aliphatic carbocycles. The monoisotopic (exact) mass is 305 g/mol. The Hall–Kier alpha value is -1.36. The zero-order chi connectivity index (χ0) is 14.8. The van der Waals surface area contributed by atoms with Crippen molar-refractivity contribution in [2.45, 2.75) is 31.4 Å². The molecule has 0 fully saturated rings. The second kappa shape index (κ2) is 6.18. The van der Waals surface area contributed by atoms with Gasteiger partial charge in [-0.1, -0.05) is 29.8 Å². The first kappa shape index (κ1) is 14.6. The Kier molecular flexibility index (Phi) is 4.29. The summed E-state index contributed by atoms with van der Waals surface area (Å²) in [5.41, 5.74) is 3.33. The van der Waals surface area contributed by atoms with E-state index in [-0.39, 0.29) is 6.04 Å². The van der Waals surface area contributed by atoms with Gasteiger partial charge in [-0.3, -0.25) is 4.68 Å². The zero-order valence-electron chi connectivity index (χ0n) is 12.1. The first-order valence-corrected chi connectivity index (χ1v) is 7.71. The molecule has 0 bridgehead atoms. The molecule has 0 saturated heterocycles. The minimum atomic E-state index is -0.597. The lowest BCUT2D eigenvalue weighted by Crippen LogP contribution is -2.29. The van der Waals surface area contributed by atoms with Crippen molar-refractivity contribution < 1.29 is 5.11 Å². The fourth-order valence-electron chi connectivity index (χ4n) is 3.03. The molecule has 0 unspecified atom stereocenters. The number of halogens is 1. The highest BCUT2D eigenvalue weighted by Crippen LogP contribution is 2.30. The van der Waals surface area contributed by atoms with E-state index < -0.39 is 6.10 Å². The van der Waals surface area contributed by atoms with Gasteiger partial charge < -0.3 is 10.4 Å². The van der Waals surface area contributed by atoms with Crippen LogP contribution in [0, 0.1) is 0 Å². The molecule has 1 aliphatic rings. The van der Waals surface area contributed by atoms with Crippen molar-refractivity contribution in [2.75, 3.05) is 6.54 Å². The molecule has 1 aromatic heterocycles. The van der Waals surface area contributed by atoms with Crippen LogP contribution in [0.1, 0.15) is 41.8 Å². The minimum absolute atomic E-state index is 0.264. The van der Waals surface area contributed by atoms with E-state index in [1.807, 2.05) is 36.1 Å². The van der Waals surface area contributed by atoms with E-state index in [0.717, 1.165) is 24.8 Å². The summed E-state index contributed by atoms with van der Waals surface area (Å²) in [5, 5.41) is 18.7.